The minimum absolute atomic E-state index is 0.0202. The van der Waals surface area contributed by atoms with E-state index in [2.05, 4.69) is 68.0 Å². The number of aromatic nitrogens is 1. The maximum Gasteiger partial charge on any atom is 0.339 e. The number of carbonyl (C=O) groups is 2. The van der Waals surface area contributed by atoms with Crippen molar-refractivity contribution in [3.05, 3.63) is 65.0 Å². The Morgan fingerprint density at radius 3 is 2.43 bits per heavy atom. The van der Waals surface area contributed by atoms with E-state index < -0.39 is 13.7 Å². The van der Waals surface area contributed by atoms with Crippen LogP contribution in [0.4, 0.5) is 0 Å². The summed E-state index contributed by atoms with van der Waals surface area (Å²) in [5.74, 6) is 0.127. The first kappa shape index (κ1) is 32.8. The van der Waals surface area contributed by atoms with Crippen LogP contribution in [0.25, 0.3) is 0 Å². The highest BCUT2D eigenvalue weighted by molar-refractivity contribution is 6.74. The lowest BCUT2D eigenvalue weighted by Crippen LogP contribution is -2.53. The van der Waals surface area contributed by atoms with E-state index >= 15 is 0 Å². The normalized spacial score (nSPS) is 23.2. The average molecular weight is 621 g/mol. The van der Waals surface area contributed by atoms with Gasteiger partial charge in [0, 0.05) is 12.7 Å². The number of fused-ring (bicyclic) bond motifs is 3. The largest absolute Gasteiger partial charge is 0.462 e. The molecule has 7 nitrogen and oxygen atoms in total. The molecule has 0 radical (unpaired) electrons. The number of esters is 2. The van der Waals surface area contributed by atoms with Crippen molar-refractivity contribution in [2.24, 2.45) is 5.92 Å². The van der Waals surface area contributed by atoms with Crippen LogP contribution in [0.5, 0.6) is 0 Å². The molecule has 0 spiro atoms. The Morgan fingerprint density at radius 1 is 1.05 bits per heavy atom. The summed E-state index contributed by atoms with van der Waals surface area (Å²) in [5.41, 5.74) is 2.95. The van der Waals surface area contributed by atoms with E-state index in [-0.39, 0.29) is 23.1 Å². The van der Waals surface area contributed by atoms with Crippen LogP contribution in [0.2, 0.25) is 18.1 Å². The molecular formula is C36H52N2O5Si. The van der Waals surface area contributed by atoms with Gasteiger partial charge in [-0.15, -0.1) is 0 Å². The number of piperidine rings is 3. The molecule has 2 bridgehead atoms. The van der Waals surface area contributed by atoms with Gasteiger partial charge in [-0.3, -0.25) is 14.7 Å². The zero-order valence-corrected chi connectivity index (χ0v) is 28.5. The van der Waals surface area contributed by atoms with E-state index in [1.54, 1.807) is 12.3 Å². The van der Waals surface area contributed by atoms with Crippen LogP contribution in [0.3, 0.4) is 0 Å². The quantitative estimate of drug-likeness (QED) is 0.149. The maximum absolute atomic E-state index is 13.9. The second-order valence-corrected chi connectivity index (χ2v) is 19.6. The standard InChI is InChI=1S/C36H52N2O5Si/c1-35(2,3)44(4,5)42-26-31-15-14-29(24-37-31)33(39)41-22-10-12-27-11-9-13-30(23-27)36(18-7-6-8-19-36)34(40)43-32-25-38-20-16-28(32)17-21-38/h9,11,13-15,23-24,28,32H,6-8,10,12,16-22,25-26H2,1-5H3. The second kappa shape index (κ2) is 13.8. The lowest BCUT2D eigenvalue weighted by atomic mass is 9.69. The van der Waals surface area contributed by atoms with Gasteiger partial charge in [-0.2, -0.15) is 0 Å². The van der Waals surface area contributed by atoms with Crippen molar-refractivity contribution in [3.8, 4) is 0 Å². The molecule has 1 aromatic carbocycles. The summed E-state index contributed by atoms with van der Waals surface area (Å²) in [6.45, 7) is 15.0. The lowest BCUT2D eigenvalue weighted by Gasteiger charge is -2.45. The first-order chi connectivity index (χ1) is 21.0. The Labute approximate surface area is 265 Å². The number of benzene rings is 1. The summed E-state index contributed by atoms with van der Waals surface area (Å²) in [6, 6.07) is 12.1. The summed E-state index contributed by atoms with van der Waals surface area (Å²) >= 11 is 0. The lowest BCUT2D eigenvalue weighted by molar-refractivity contribution is -0.167. The van der Waals surface area contributed by atoms with E-state index in [1.807, 2.05) is 6.07 Å². The van der Waals surface area contributed by atoms with Gasteiger partial charge in [-0.05, 0) is 98.9 Å². The van der Waals surface area contributed by atoms with Crippen LogP contribution in [0, 0.1) is 5.92 Å². The van der Waals surface area contributed by atoms with Crippen LogP contribution in [-0.4, -0.2) is 62.5 Å². The molecule has 6 rings (SSSR count). The monoisotopic (exact) mass is 620 g/mol. The van der Waals surface area contributed by atoms with Gasteiger partial charge in [0.05, 0.1) is 29.9 Å². The third kappa shape index (κ3) is 7.63. The van der Waals surface area contributed by atoms with Crippen LogP contribution < -0.4 is 0 Å². The number of hydrogen-bond acceptors (Lipinski definition) is 7. The third-order valence-corrected chi connectivity index (χ3v) is 15.2. The van der Waals surface area contributed by atoms with Gasteiger partial charge in [0.15, 0.2) is 8.32 Å². The number of aryl methyl sites for hydroxylation is 1. The highest BCUT2D eigenvalue weighted by Crippen LogP contribution is 2.42. The van der Waals surface area contributed by atoms with Gasteiger partial charge in [-0.25, -0.2) is 4.79 Å². The second-order valence-electron chi connectivity index (χ2n) is 14.8. The molecule has 0 amide bonds. The topological polar surface area (TPSA) is 78.0 Å². The molecule has 8 heteroatoms. The fourth-order valence-corrected chi connectivity index (χ4v) is 7.65. The Hall–Kier alpha value is -2.55. The summed E-state index contributed by atoms with van der Waals surface area (Å²) in [6.07, 6.45) is 10.3. The van der Waals surface area contributed by atoms with Crippen molar-refractivity contribution >= 4 is 20.3 Å². The molecule has 1 atom stereocenters. The average Bonchev–Trinajstić information content (AvgIpc) is 3.03. The molecule has 240 valence electrons. The molecule has 1 aliphatic carbocycles. The third-order valence-electron chi connectivity index (χ3n) is 10.7. The van der Waals surface area contributed by atoms with Gasteiger partial charge >= 0.3 is 11.9 Å². The number of hydrogen-bond donors (Lipinski definition) is 0. The first-order valence-electron chi connectivity index (χ1n) is 16.8. The first-order valence-corrected chi connectivity index (χ1v) is 19.7. The van der Waals surface area contributed by atoms with E-state index in [0.717, 1.165) is 81.4 Å². The summed E-state index contributed by atoms with van der Waals surface area (Å²) in [5, 5.41) is 0.133. The molecule has 1 saturated carbocycles. The molecule has 4 heterocycles. The Kier molecular flexibility index (Phi) is 10.3. The molecule has 1 unspecified atom stereocenters. The Bertz CT molecular complexity index is 1270. The van der Waals surface area contributed by atoms with Gasteiger partial charge in [-0.1, -0.05) is 64.3 Å². The van der Waals surface area contributed by atoms with E-state index in [0.29, 0.717) is 31.1 Å². The number of rotatable bonds is 11. The Morgan fingerprint density at radius 2 is 1.80 bits per heavy atom. The molecule has 4 aliphatic rings. The zero-order chi connectivity index (χ0) is 31.4. The van der Waals surface area contributed by atoms with Crippen molar-refractivity contribution in [3.63, 3.8) is 0 Å². The molecule has 3 aliphatic heterocycles. The molecular weight excluding hydrogens is 568 g/mol. The van der Waals surface area contributed by atoms with Crippen molar-refractivity contribution in [2.75, 3.05) is 26.2 Å². The molecule has 0 N–H and O–H groups in total. The minimum atomic E-state index is -1.86. The summed E-state index contributed by atoms with van der Waals surface area (Å²) in [7, 11) is -1.86. The van der Waals surface area contributed by atoms with Crippen LogP contribution in [0.15, 0.2) is 42.6 Å². The van der Waals surface area contributed by atoms with Crippen LogP contribution >= 0.6 is 0 Å². The predicted molar refractivity (Wildman–Crippen MR) is 175 cm³/mol. The molecule has 3 saturated heterocycles. The van der Waals surface area contributed by atoms with Crippen molar-refractivity contribution in [1.29, 1.82) is 0 Å². The van der Waals surface area contributed by atoms with Crippen molar-refractivity contribution in [2.45, 2.75) is 115 Å². The molecule has 4 fully saturated rings. The van der Waals surface area contributed by atoms with Gasteiger partial charge in [0.2, 0.25) is 0 Å². The number of pyridine rings is 1. The summed E-state index contributed by atoms with van der Waals surface area (Å²) < 4.78 is 18.2. The fraction of sp³-hybridized carbons (Fsp3) is 0.639. The van der Waals surface area contributed by atoms with Crippen molar-refractivity contribution in [1.82, 2.24) is 9.88 Å². The zero-order valence-electron chi connectivity index (χ0n) is 27.5. The smallest absolute Gasteiger partial charge is 0.339 e. The maximum atomic E-state index is 13.9. The van der Waals surface area contributed by atoms with Crippen LogP contribution in [0.1, 0.15) is 99.3 Å². The minimum Gasteiger partial charge on any atom is -0.462 e. The van der Waals surface area contributed by atoms with Gasteiger partial charge < -0.3 is 13.9 Å². The summed E-state index contributed by atoms with van der Waals surface area (Å²) in [4.78, 5) is 33.4. The molecule has 44 heavy (non-hydrogen) atoms. The van der Waals surface area contributed by atoms with Gasteiger partial charge in [0.25, 0.3) is 0 Å². The predicted octanol–water partition coefficient (Wildman–Crippen LogP) is 7.23. The highest BCUT2D eigenvalue weighted by atomic mass is 28.4. The van der Waals surface area contributed by atoms with Gasteiger partial charge in [0.1, 0.15) is 6.10 Å². The Balaban J connectivity index is 1.13. The number of carbonyl (C=O) groups excluding carboxylic acids is 2. The fourth-order valence-electron chi connectivity index (χ4n) is 6.71. The molecule has 1 aromatic heterocycles. The van der Waals surface area contributed by atoms with E-state index in [9.17, 15) is 9.59 Å². The SMILES string of the molecule is CC(C)(C)[Si](C)(C)OCc1ccc(C(=O)OCCCc2cccc(C3(C(=O)OC4CN5CCC4CC5)CCCCC3)c2)cn1. The van der Waals surface area contributed by atoms with Crippen LogP contribution in [-0.2, 0) is 37.1 Å². The van der Waals surface area contributed by atoms with Crippen molar-refractivity contribution < 1.29 is 23.5 Å². The number of nitrogens with zero attached hydrogens (tertiary/aromatic N) is 2. The number of ether oxygens (including phenoxy) is 2. The molecule has 2 aromatic rings. The van der Waals surface area contributed by atoms with E-state index in [4.69, 9.17) is 13.9 Å². The highest BCUT2D eigenvalue weighted by Gasteiger charge is 2.46. The van der Waals surface area contributed by atoms with E-state index in [1.165, 1.54) is 6.42 Å².